The third-order valence-corrected chi connectivity index (χ3v) is 3.90. The van der Waals surface area contributed by atoms with E-state index in [-0.39, 0.29) is 5.69 Å². The minimum atomic E-state index is -0.425. The maximum absolute atomic E-state index is 10.6. The van der Waals surface area contributed by atoms with E-state index in [1.54, 1.807) is 6.07 Å². The Labute approximate surface area is 112 Å². The van der Waals surface area contributed by atoms with Crippen LogP contribution in [0.3, 0.4) is 0 Å². The van der Waals surface area contributed by atoms with Crippen LogP contribution in [0.2, 0.25) is 0 Å². The highest BCUT2D eigenvalue weighted by Gasteiger charge is 2.31. The van der Waals surface area contributed by atoms with Crippen LogP contribution in [0.1, 0.15) is 26.2 Å². The number of hydrogen-bond acceptors (Lipinski definition) is 5. The number of hydrogen-bond donors (Lipinski definition) is 1. The van der Waals surface area contributed by atoms with Crippen molar-refractivity contribution in [1.82, 2.24) is 4.98 Å². The van der Waals surface area contributed by atoms with Crippen molar-refractivity contribution in [2.45, 2.75) is 32.2 Å². The second-order valence-electron chi connectivity index (χ2n) is 4.91. The van der Waals surface area contributed by atoms with Crippen LogP contribution in [0.4, 0.5) is 11.5 Å². The zero-order chi connectivity index (χ0) is 13.8. The molecule has 0 bridgehead atoms. The van der Waals surface area contributed by atoms with Crippen molar-refractivity contribution < 1.29 is 4.92 Å². The highest BCUT2D eigenvalue weighted by Crippen LogP contribution is 2.31. The molecule has 6 heteroatoms. The van der Waals surface area contributed by atoms with E-state index < -0.39 is 4.92 Å². The lowest BCUT2D eigenvalue weighted by atomic mass is 10.0. The van der Waals surface area contributed by atoms with Gasteiger partial charge in [-0.1, -0.05) is 6.42 Å². The Kier molecular flexibility index (Phi) is 4.31. The number of rotatable bonds is 5. The second kappa shape index (κ2) is 5.97. The van der Waals surface area contributed by atoms with E-state index >= 15 is 0 Å². The van der Waals surface area contributed by atoms with Crippen LogP contribution in [-0.4, -0.2) is 29.0 Å². The SMILES string of the molecule is CCN(c1ccc([N+](=O)[O-])cn1)C1CCCC1CN. The number of nitro groups is 1. The Morgan fingerprint density at radius 3 is 2.84 bits per heavy atom. The van der Waals surface area contributed by atoms with Gasteiger partial charge in [0.1, 0.15) is 12.0 Å². The van der Waals surface area contributed by atoms with Crippen molar-refractivity contribution >= 4 is 11.5 Å². The smallest absolute Gasteiger partial charge is 0.287 e. The van der Waals surface area contributed by atoms with E-state index in [0.29, 0.717) is 18.5 Å². The molecule has 0 saturated heterocycles. The number of nitrogens with zero attached hydrogens (tertiary/aromatic N) is 3. The summed E-state index contributed by atoms with van der Waals surface area (Å²) in [6.45, 7) is 3.61. The summed E-state index contributed by atoms with van der Waals surface area (Å²) in [5.41, 5.74) is 5.85. The van der Waals surface area contributed by atoms with E-state index in [1.165, 1.54) is 18.7 Å². The van der Waals surface area contributed by atoms with Crippen molar-refractivity contribution in [2.24, 2.45) is 11.7 Å². The average Bonchev–Trinajstić information content (AvgIpc) is 2.88. The predicted molar refractivity (Wildman–Crippen MR) is 74.1 cm³/mol. The van der Waals surface area contributed by atoms with E-state index in [1.807, 2.05) is 0 Å². The summed E-state index contributed by atoms with van der Waals surface area (Å²) in [6, 6.07) is 3.65. The quantitative estimate of drug-likeness (QED) is 0.649. The minimum absolute atomic E-state index is 0.0293. The van der Waals surface area contributed by atoms with Gasteiger partial charge in [-0.15, -0.1) is 0 Å². The van der Waals surface area contributed by atoms with Crippen LogP contribution in [0.15, 0.2) is 18.3 Å². The van der Waals surface area contributed by atoms with E-state index in [0.717, 1.165) is 25.2 Å². The summed E-state index contributed by atoms with van der Waals surface area (Å²) in [5.74, 6) is 1.30. The Morgan fingerprint density at radius 2 is 2.32 bits per heavy atom. The van der Waals surface area contributed by atoms with Crippen LogP contribution in [0.5, 0.6) is 0 Å². The van der Waals surface area contributed by atoms with Crippen molar-refractivity contribution in [3.8, 4) is 0 Å². The van der Waals surface area contributed by atoms with Gasteiger partial charge in [0, 0.05) is 18.7 Å². The normalized spacial score (nSPS) is 22.4. The molecule has 1 heterocycles. The molecular formula is C13H20N4O2. The van der Waals surface area contributed by atoms with Crippen molar-refractivity contribution in [1.29, 1.82) is 0 Å². The summed E-state index contributed by atoms with van der Waals surface area (Å²) < 4.78 is 0. The molecule has 2 unspecified atom stereocenters. The minimum Gasteiger partial charge on any atom is -0.354 e. The molecule has 0 spiro atoms. The van der Waals surface area contributed by atoms with Gasteiger partial charge >= 0.3 is 0 Å². The molecule has 1 aromatic rings. The van der Waals surface area contributed by atoms with Crippen molar-refractivity contribution in [3.63, 3.8) is 0 Å². The van der Waals surface area contributed by atoms with Gasteiger partial charge in [0.05, 0.1) is 4.92 Å². The zero-order valence-corrected chi connectivity index (χ0v) is 11.2. The monoisotopic (exact) mass is 264 g/mol. The largest absolute Gasteiger partial charge is 0.354 e. The molecule has 2 atom stereocenters. The molecule has 19 heavy (non-hydrogen) atoms. The summed E-state index contributed by atoms with van der Waals surface area (Å²) in [4.78, 5) is 16.7. The first-order valence-electron chi connectivity index (χ1n) is 6.74. The topological polar surface area (TPSA) is 85.3 Å². The number of nitrogens with two attached hydrogens (primary N) is 1. The highest BCUT2D eigenvalue weighted by molar-refractivity contribution is 5.44. The second-order valence-corrected chi connectivity index (χ2v) is 4.91. The summed E-state index contributed by atoms with van der Waals surface area (Å²) >= 11 is 0. The lowest BCUT2D eigenvalue weighted by molar-refractivity contribution is -0.385. The lowest BCUT2D eigenvalue weighted by Crippen LogP contribution is -2.40. The zero-order valence-electron chi connectivity index (χ0n) is 11.2. The Morgan fingerprint density at radius 1 is 1.53 bits per heavy atom. The highest BCUT2D eigenvalue weighted by atomic mass is 16.6. The molecule has 1 saturated carbocycles. The van der Waals surface area contributed by atoms with Gasteiger partial charge in [-0.05, 0) is 38.3 Å². The van der Waals surface area contributed by atoms with Gasteiger partial charge in [-0.2, -0.15) is 0 Å². The van der Waals surface area contributed by atoms with E-state index in [9.17, 15) is 10.1 Å². The third kappa shape index (κ3) is 2.84. The summed E-state index contributed by atoms with van der Waals surface area (Å²) in [7, 11) is 0. The number of pyridine rings is 1. The Bertz CT molecular complexity index is 435. The predicted octanol–water partition coefficient (Wildman–Crippen LogP) is 1.94. The molecule has 1 aliphatic carbocycles. The van der Waals surface area contributed by atoms with Crippen molar-refractivity contribution in [3.05, 3.63) is 28.4 Å². The fraction of sp³-hybridized carbons (Fsp3) is 0.615. The van der Waals surface area contributed by atoms with Crippen LogP contribution >= 0.6 is 0 Å². The van der Waals surface area contributed by atoms with Crippen LogP contribution in [0.25, 0.3) is 0 Å². The third-order valence-electron chi connectivity index (χ3n) is 3.90. The van der Waals surface area contributed by atoms with Crippen molar-refractivity contribution in [2.75, 3.05) is 18.0 Å². The molecule has 1 aromatic heterocycles. The molecule has 0 radical (unpaired) electrons. The van der Waals surface area contributed by atoms with Gasteiger partial charge in [0.2, 0.25) is 0 Å². The summed E-state index contributed by atoms with van der Waals surface area (Å²) in [6.07, 6.45) is 4.79. The maximum atomic E-state index is 10.6. The number of anilines is 1. The molecular weight excluding hydrogens is 244 g/mol. The number of aromatic nitrogens is 1. The maximum Gasteiger partial charge on any atom is 0.287 e. The molecule has 0 aromatic carbocycles. The average molecular weight is 264 g/mol. The standard InChI is InChI=1S/C13H20N4O2/c1-2-16(12-5-3-4-10(12)8-14)13-7-6-11(9-15-13)17(18)19/h6-7,9-10,12H,2-5,8,14H2,1H3. The Hall–Kier alpha value is -1.69. The first-order chi connectivity index (χ1) is 9.17. The van der Waals surface area contributed by atoms with E-state index in [4.69, 9.17) is 5.73 Å². The first-order valence-corrected chi connectivity index (χ1v) is 6.74. The van der Waals surface area contributed by atoms with Gasteiger partial charge in [-0.3, -0.25) is 10.1 Å². The molecule has 0 amide bonds. The van der Waals surface area contributed by atoms with E-state index in [2.05, 4.69) is 16.8 Å². The van der Waals surface area contributed by atoms with Crippen LogP contribution in [-0.2, 0) is 0 Å². The molecule has 6 nitrogen and oxygen atoms in total. The Balaban J connectivity index is 2.19. The molecule has 2 N–H and O–H groups in total. The molecule has 1 fully saturated rings. The van der Waals surface area contributed by atoms with Gasteiger partial charge in [0.25, 0.3) is 5.69 Å². The van der Waals surface area contributed by atoms with Gasteiger partial charge in [0.15, 0.2) is 0 Å². The molecule has 2 rings (SSSR count). The molecule has 1 aliphatic rings. The van der Waals surface area contributed by atoms with Gasteiger partial charge in [-0.25, -0.2) is 4.98 Å². The summed E-state index contributed by atoms with van der Waals surface area (Å²) in [5, 5.41) is 10.6. The molecule has 104 valence electrons. The lowest BCUT2D eigenvalue weighted by Gasteiger charge is -2.32. The van der Waals surface area contributed by atoms with Crippen LogP contribution in [0, 0.1) is 16.0 Å². The fourth-order valence-corrected chi connectivity index (χ4v) is 2.93. The van der Waals surface area contributed by atoms with Gasteiger partial charge < -0.3 is 10.6 Å². The first kappa shape index (κ1) is 13.7. The molecule has 0 aliphatic heterocycles. The van der Waals surface area contributed by atoms with Crippen LogP contribution < -0.4 is 10.6 Å². The fourth-order valence-electron chi connectivity index (χ4n) is 2.93.